The van der Waals surface area contributed by atoms with E-state index in [1.165, 1.54) is 0 Å². The molecule has 3 N–H and O–H groups in total. The van der Waals surface area contributed by atoms with Crippen molar-refractivity contribution in [1.82, 2.24) is 0 Å². The second-order valence-corrected chi connectivity index (χ2v) is 5.06. The van der Waals surface area contributed by atoms with Crippen LogP contribution in [-0.2, 0) is 11.3 Å². The van der Waals surface area contributed by atoms with E-state index in [2.05, 4.69) is 9.88 Å². The van der Waals surface area contributed by atoms with Gasteiger partial charge < -0.3 is 11.1 Å². The van der Waals surface area contributed by atoms with Crippen molar-refractivity contribution in [3.8, 4) is 0 Å². The van der Waals surface area contributed by atoms with Crippen molar-refractivity contribution in [2.75, 3.05) is 5.32 Å². The first-order valence-corrected chi connectivity index (χ1v) is 7.29. The van der Waals surface area contributed by atoms with Crippen LogP contribution in [0.4, 0.5) is 5.69 Å². The number of unbranched alkanes of at least 4 members (excludes halogenated alkanes) is 1. The molecule has 0 aliphatic heterocycles. The van der Waals surface area contributed by atoms with Gasteiger partial charge in [-0.25, -0.2) is 4.57 Å². The molecule has 0 atom stereocenters. The van der Waals surface area contributed by atoms with Crippen molar-refractivity contribution >= 4 is 17.5 Å². The average Bonchev–Trinajstić information content (AvgIpc) is 2.53. The van der Waals surface area contributed by atoms with Crippen LogP contribution in [0.5, 0.6) is 0 Å². The lowest BCUT2D eigenvalue weighted by atomic mass is 10.2. The number of hydrogen-bond donors (Lipinski definition) is 2. The molecule has 5 nitrogen and oxygen atoms in total. The van der Waals surface area contributed by atoms with E-state index < -0.39 is 5.91 Å². The molecule has 0 bridgehead atoms. The summed E-state index contributed by atoms with van der Waals surface area (Å²) in [5.41, 5.74) is 6.27. The highest BCUT2D eigenvalue weighted by atomic mass is 16.1. The number of primary amides is 1. The van der Waals surface area contributed by atoms with Crippen LogP contribution in [-0.4, -0.2) is 11.8 Å². The number of nitrogens with zero attached hydrogens (tertiary/aromatic N) is 1. The number of anilines is 1. The van der Waals surface area contributed by atoms with Crippen molar-refractivity contribution in [3.05, 3.63) is 60.4 Å². The minimum atomic E-state index is -0.476. The van der Waals surface area contributed by atoms with Crippen LogP contribution in [0.25, 0.3) is 0 Å². The van der Waals surface area contributed by atoms with E-state index >= 15 is 0 Å². The summed E-state index contributed by atoms with van der Waals surface area (Å²) >= 11 is 0. The lowest BCUT2D eigenvalue weighted by Gasteiger charge is -2.05. The summed E-state index contributed by atoms with van der Waals surface area (Å²) in [6, 6.07) is 12.5. The number of pyridine rings is 1. The minimum Gasteiger partial charge on any atom is -0.366 e. The SMILES string of the molecule is NC(=O)c1ccc(NC(=O)CCCC[n+]2ccccc2)cc1. The number of hydrogen-bond acceptors (Lipinski definition) is 2. The second kappa shape index (κ2) is 7.93. The molecule has 2 aromatic rings. The molecule has 0 spiro atoms. The zero-order valence-corrected chi connectivity index (χ0v) is 12.4. The Morgan fingerprint density at radius 3 is 2.32 bits per heavy atom. The molecule has 114 valence electrons. The molecule has 0 aliphatic carbocycles. The summed E-state index contributed by atoms with van der Waals surface area (Å²) in [5.74, 6) is -0.499. The lowest BCUT2D eigenvalue weighted by Crippen LogP contribution is -2.32. The molecule has 2 rings (SSSR count). The molecule has 0 aliphatic rings. The Hall–Kier alpha value is -2.69. The predicted molar refractivity (Wildman–Crippen MR) is 84.1 cm³/mol. The quantitative estimate of drug-likeness (QED) is 0.605. The van der Waals surface area contributed by atoms with Crippen molar-refractivity contribution < 1.29 is 14.2 Å². The van der Waals surface area contributed by atoms with Gasteiger partial charge in [0.2, 0.25) is 11.8 Å². The van der Waals surface area contributed by atoms with Crippen LogP contribution in [0.15, 0.2) is 54.9 Å². The molecular formula is C17H20N3O2+. The number of aromatic nitrogens is 1. The molecule has 1 aromatic carbocycles. The normalized spacial score (nSPS) is 10.2. The highest BCUT2D eigenvalue weighted by molar-refractivity contribution is 5.94. The minimum absolute atomic E-state index is 0.0233. The maximum Gasteiger partial charge on any atom is 0.248 e. The fourth-order valence-corrected chi connectivity index (χ4v) is 2.10. The van der Waals surface area contributed by atoms with Gasteiger partial charge in [-0.3, -0.25) is 9.59 Å². The van der Waals surface area contributed by atoms with E-state index in [9.17, 15) is 9.59 Å². The van der Waals surface area contributed by atoms with Crippen LogP contribution in [0.2, 0.25) is 0 Å². The van der Waals surface area contributed by atoms with E-state index in [1.807, 2.05) is 30.6 Å². The van der Waals surface area contributed by atoms with Crippen molar-refractivity contribution in [3.63, 3.8) is 0 Å². The Balaban J connectivity index is 1.70. The standard InChI is InChI=1S/C17H19N3O2/c18-17(22)14-7-9-15(10-8-14)19-16(21)6-2-5-13-20-11-3-1-4-12-20/h1,3-4,7-12H,2,5-6,13H2,(H2-,18,19,21,22)/p+1. The van der Waals surface area contributed by atoms with Crippen LogP contribution >= 0.6 is 0 Å². The highest BCUT2D eigenvalue weighted by Gasteiger charge is 2.05. The first kappa shape index (κ1) is 15.7. The molecule has 0 radical (unpaired) electrons. The molecule has 0 unspecified atom stereocenters. The first-order valence-electron chi connectivity index (χ1n) is 7.29. The number of nitrogens with one attached hydrogen (secondary N) is 1. The summed E-state index contributed by atoms with van der Waals surface area (Å²) in [6.45, 7) is 0.904. The van der Waals surface area contributed by atoms with E-state index in [0.29, 0.717) is 17.7 Å². The summed E-state index contributed by atoms with van der Waals surface area (Å²) in [6.07, 6.45) is 6.28. The van der Waals surface area contributed by atoms with E-state index in [0.717, 1.165) is 19.4 Å². The average molecular weight is 298 g/mol. The number of amides is 2. The van der Waals surface area contributed by atoms with Crippen LogP contribution in [0, 0.1) is 0 Å². The molecular weight excluding hydrogens is 278 g/mol. The molecule has 0 fully saturated rings. The number of aryl methyl sites for hydroxylation is 1. The Morgan fingerprint density at radius 2 is 1.68 bits per heavy atom. The van der Waals surface area contributed by atoms with Gasteiger partial charge in [0.1, 0.15) is 6.54 Å². The summed E-state index contributed by atoms with van der Waals surface area (Å²) in [5, 5.41) is 2.81. The third-order valence-electron chi connectivity index (χ3n) is 3.30. The van der Waals surface area contributed by atoms with E-state index in [1.54, 1.807) is 24.3 Å². The van der Waals surface area contributed by atoms with Gasteiger partial charge in [0, 0.05) is 36.2 Å². The molecule has 0 saturated heterocycles. The summed E-state index contributed by atoms with van der Waals surface area (Å²) in [7, 11) is 0. The number of benzene rings is 1. The van der Waals surface area contributed by atoms with Crippen LogP contribution < -0.4 is 15.6 Å². The van der Waals surface area contributed by atoms with E-state index in [4.69, 9.17) is 5.73 Å². The van der Waals surface area contributed by atoms with Gasteiger partial charge in [0.25, 0.3) is 0 Å². The molecule has 5 heteroatoms. The fraction of sp³-hybridized carbons (Fsp3) is 0.235. The largest absolute Gasteiger partial charge is 0.366 e. The zero-order valence-electron chi connectivity index (χ0n) is 12.4. The maximum atomic E-state index is 11.8. The second-order valence-electron chi connectivity index (χ2n) is 5.06. The molecule has 1 aromatic heterocycles. The van der Waals surface area contributed by atoms with Crippen molar-refractivity contribution in [2.45, 2.75) is 25.8 Å². The number of rotatable bonds is 7. The Morgan fingerprint density at radius 1 is 1.00 bits per heavy atom. The number of carbonyl (C=O) groups excluding carboxylic acids is 2. The van der Waals surface area contributed by atoms with Gasteiger partial charge in [-0.15, -0.1) is 0 Å². The monoisotopic (exact) mass is 298 g/mol. The number of carbonyl (C=O) groups is 2. The molecule has 2 amide bonds. The van der Waals surface area contributed by atoms with Gasteiger partial charge in [0.15, 0.2) is 12.4 Å². The molecule has 1 heterocycles. The Kier molecular flexibility index (Phi) is 5.65. The van der Waals surface area contributed by atoms with Crippen molar-refractivity contribution in [2.24, 2.45) is 5.73 Å². The van der Waals surface area contributed by atoms with Gasteiger partial charge in [-0.2, -0.15) is 0 Å². The maximum absolute atomic E-state index is 11.8. The summed E-state index contributed by atoms with van der Waals surface area (Å²) in [4.78, 5) is 22.8. The van der Waals surface area contributed by atoms with Crippen LogP contribution in [0.3, 0.4) is 0 Å². The topological polar surface area (TPSA) is 76.1 Å². The zero-order chi connectivity index (χ0) is 15.8. The lowest BCUT2D eigenvalue weighted by molar-refractivity contribution is -0.697. The van der Waals surface area contributed by atoms with Gasteiger partial charge in [-0.1, -0.05) is 6.07 Å². The number of nitrogens with two attached hydrogens (primary N) is 1. The van der Waals surface area contributed by atoms with Gasteiger partial charge in [-0.05, 0) is 30.7 Å². The highest BCUT2D eigenvalue weighted by Crippen LogP contribution is 2.10. The van der Waals surface area contributed by atoms with E-state index in [-0.39, 0.29) is 5.91 Å². The Labute approximate surface area is 129 Å². The summed E-state index contributed by atoms with van der Waals surface area (Å²) < 4.78 is 2.10. The third-order valence-corrected chi connectivity index (χ3v) is 3.30. The fourth-order valence-electron chi connectivity index (χ4n) is 2.10. The van der Waals surface area contributed by atoms with Gasteiger partial charge >= 0.3 is 0 Å². The van der Waals surface area contributed by atoms with Crippen molar-refractivity contribution in [1.29, 1.82) is 0 Å². The molecule has 0 saturated carbocycles. The smallest absolute Gasteiger partial charge is 0.248 e. The predicted octanol–water partition coefficient (Wildman–Crippen LogP) is 1.88. The van der Waals surface area contributed by atoms with Gasteiger partial charge in [0.05, 0.1) is 0 Å². The van der Waals surface area contributed by atoms with Crippen LogP contribution in [0.1, 0.15) is 29.6 Å². The third kappa shape index (κ3) is 5.01. The first-order chi connectivity index (χ1) is 10.6. The Bertz CT molecular complexity index is 624. The molecule has 22 heavy (non-hydrogen) atoms.